The summed E-state index contributed by atoms with van der Waals surface area (Å²) in [6.07, 6.45) is 4.89. The third-order valence-electron chi connectivity index (χ3n) is 5.51. The van der Waals surface area contributed by atoms with Crippen LogP contribution >= 0.6 is 0 Å². The fourth-order valence-corrected chi connectivity index (χ4v) is 3.47. The average Bonchev–Trinajstić information content (AvgIpc) is 3.34. The number of H-pyrrole nitrogens is 1. The number of hydrogen-bond acceptors (Lipinski definition) is 9. The Morgan fingerprint density at radius 3 is 1.92 bits per heavy atom. The van der Waals surface area contributed by atoms with Crippen molar-refractivity contribution in [2.75, 3.05) is 13.1 Å². The molecule has 1 rings (SSSR count). The molecule has 0 spiro atoms. The van der Waals surface area contributed by atoms with Gasteiger partial charge in [-0.05, 0) is 51.6 Å². The van der Waals surface area contributed by atoms with Crippen LogP contribution in [-0.4, -0.2) is 81.9 Å². The van der Waals surface area contributed by atoms with Crippen molar-refractivity contribution in [2.24, 2.45) is 22.9 Å². The molecule has 4 amide bonds. The number of nitrogens with one attached hydrogen (secondary N) is 4. The fourth-order valence-electron chi connectivity index (χ4n) is 3.47. The predicted molar refractivity (Wildman–Crippen MR) is 133 cm³/mol. The van der Waals surface area contributed by atoms with E-state index in [0.717, 1.165) is 0 Å². The van der Waals surface area contributed by atoms with Gasteiger partial charge in [-0.2, -0.15) is 0 Å². The summed E-state index contributed by atoms with van der Waals surface area (Å²) in [5.74, 6) is -4.36. The number of carbonyl (C=O) groups excluding carboxylic acids is 4. The lowest BCUT2D eigenvalue weighted by atomic mass is 10.0. The van der Waals surface area contributed by atoms with Gasteiger partial charge in [-0.1, -0.05) is 0 Å². The van der Waals surface area contributed by atoms with Crippen LogP contribution in [0.15, 0.2) is 12.5 Å². The first kappa shape index (κ1) is 31.5. The zero-order valence-electron chi connectivity index (χ0n) is 20.8. The van der Waals surface area contributed by atoms with E-state index in [4.69, 9.17) is 22.9 Å². The van der Waals surface area contributed by atoms with E-state index in [1.54, 1.807) is 0 Å². The highest BCUT2D eigenvalue weighted by Gasteiger charge is 2.31. The third kappa shape index (κ3) is 12.3. The van der Waals surface area contributed by atoms with Crippen molar-refractivity contribution in [3.8, 4) is 0 Å². The van der Waals surface area contributed by atoms with Crippen molar-refractivity contribution in [3.05, 3.63) is 18.2 Å². The highest BCUT2D eigenvalue weighted by atomic mass is 16.4. The number of nitrogens with zero attached hydrogens (tertiary/aromatic N) is 1. The van der Waals surface area contributed by atoms with Gasteiger partial charge in [0.15, 0.2) is 0 Å². The monoisotopic (exact) mass is 525 g/mol. The van der Waals surface area contributed by atoms with Crippen LogP contribution in [0.3, 0.4) is 0 Å². The van der Waals surface area contributed by atoms with Crippen LogP contribution in [0.25, 0.3) is 0 Å². The molecule has 1 aromatic heterocycles. The molecule has 0 radical (unpaired) electrons. The molecule has 0 aromatic carbocycles. The van der Waals surface area contributed by atoms with E-state index in [1.807, 2.05) is 0 Å². The van der Waals surface area contributed by atoms with Crippen LogP contribution < -0.4 is 38.9 Å². The first-order valence-corrected chi connectivity index (χ1v) is 12.1. The smallest absolute Gasteiger partial charge is 0.326 e. The summed E-state index contributed by atoms with van der Waals surface area (Å²) in [5, 5.41) is 16.8. The standard InChI is InChI=1S/C22H39N9O6/c23-7-3-1-5-15(20(34)30-16(22(36)37)6-2-4-8-24)29-21(35)17(10-18(26)32)31-19(33)14(25)9-13-11-27-12-28-13/h11-12,14-17H,1-10,23-25H2,(H2,26,32)(H,27,28)(H,29,35)(H,30,34)(H,31,33)(H,36,37). The van der Waals surface area contributed by atoms with E-state index in [-0.39, 0.29) is 19.3 Å². The van der Waals surface area contributed by atoms with Crippen molar-refractivity contribution in [1.82, 2.24) is 25.9 Å². The van der Waals surface area contributed by atoms with Crippen molar-refractivity contribution in [2.45, 2.75) is 75.5 Å². The van der Waals surface area contributed by atoms with Crippen LogP contribution in [0.4, 0.5) is 0 Å². The Hall–Kier alpha value is -3.56. The maximum Gasteiger partial charge on any atom is 0.326 e. The number of carboxylic acids is 1. The predicted octanol–water partition coefficient (Wildman–Crippen LogP) is -3.05. The summed E-state index contributed by atoms with van der Waals surface area (Å²) in [6.45, 7) is 0.740. The number of primary amides is 1. The minimum Gasteiger partial charge on any atom is -0.480 e. The van der Waals surface area contributed by atoms with Gasteiger partial charge in [0, 0.05) is 18.3 Å². The molecule has 0 bridgehead atoms. The summed E-state index contributed by atoms with van der Waals surface area (Å²) in [5.41, 5.74) is 22.7. The molecule has 37 heavy (non-hydrogen) atoms. The number of amides is 4. The minimum atomic E-state index is -1.40. The van der Waals surface area contributed by atoms with Gasteiger partial charge in [-0.3, -0.25) is 19.2 Å². The van der Waals surface area contributed by atoms with Crippen molar-refractivity contribution >= 4 is 29.6 Å². The molecule has 1 aromatic rings. The number of carboxylic acid groups (broad SMARTS) is 1. The first-order valence-electron chi connectivity index (χ1n) is 12.1. The fraction of sp³-hybridized carbons (Fsp3) is 0.636. The van der Waals surface area contributed by atoms with Crippen molar-refractivity contribution < 1.29 is 29.1 Å². The molecule has 0 saturated heterocycles. The number of carbonyl (C=O) groups is 5. The van der Waals surface area contributed by atoms with Gasteiger partial charge < -0.3 is 49.0 Å². The number of aromatic nitrogens is 2. The van der Waals surface area contributed by atoms with Crippen LogP contribution in [0, 0.1) is 0 Å². The normalized spacial score (nSPS) is 14.1. The average molecular weight is 526 g/mol. The molecule has 4 atom stereocenters. The molecule has 0 saturated carbocycles. The number of nitrogens with two attached hydrogens (primary N) is 4. The molecule has 13 N–H and O–H groups in total. The van der Waals surface area contributed by atoms with Crippen molar-refractivity contribution in [1.29, 1.82) is 0 Å². The first-order chi connectivity index (χ1) is 17.6. The second-order valence-electron chi connectivity index (χ2n) is 8.65. The highest BCUT2D eigenvalue weighted by Crippen LogP contribution is 2.07. The van der Waals surface area contributed by atoms with Gasteiger partial charge >= 0.3 is 5.97 Å². The zero-order chi connectivity index (χ0) is 27.8. The topological polar surface area (TPSA) is 274 Å². The van der Waals surface area contributed by atoms with Gasteiger partial charge in [0.1, 0.15) is 18.1 Å². The lowest BCUT2D eigenvalue weighted by Gasteiger charge is -2.25. The molecule has 15 nitrogen and oxygen atoms in total. The zero-order valence-corrected chi connectivity index (χ0v) is 20.8. The molecule has 208 valence electrons. The Labute approximate surface area is 214 Å². The molecule has 0 aliphatic carbocycles. The second-order valence-corrected chi connectivity index (χ2v) is 8.65. The lowest BCUT2D eigenvalue weighted by molar-refractivity contribution is -0.142. The Morgan fingerprint density at radius 2 is 1.41 bits per heavy atom. The van der Waals surface area contributed by atoms with Gasteiger partial charge in [0.25, 0.3) is 0 Å². The van der Waals surface area contributed by atoms with E-state index in [9.17, 15) is 29.1 Å². The Bertz CT molecular complexity index is 880. The Morgan fingerprint density at radius 1 is 0.865 bits per heavy atom. The quantitative estimate of drug-likeness (QED) is 0.0823. The SMILES string of the molecule is NCCCCC(NC(=O)C(CCCCN)NC(=O)C(CC(N)=O)NC(=O)C(N)Cc1cnc[nH]1)C(=O)O. The molecular weight excluding hydrogens is 486 g/mol. The van der Waals surface area contributed by atoms with Gasteiger partial charge in [0.2, 0.25) is 23.6 Å². The molecule has 0 aliphatic rings. The number of hydrogen-bond donors (Lipinski definition) is 9. The number of rotatable bonds is 19. The van der Waals surface area contributed by atoms with E-state index >= 15 is 0 Å². The number of imidazole rings is 1. The summed E-state index contributed by atoms with van der Waals surface area (Å²) < 4.78 is 0. The second kappa shape index (κ2) is 17.0. The molecule has 0 fully saturated rings. The van der Waals surface area contributed by atoms with Gasteiger partial charge in [-0.15, -0.1) is 0 Å². The summed E-state index contributed by atoms with van der Waals surface area (Å²) in [6, 6.07) is -4.77. The Balaban J connectivity index is 2.93. The minimum absolute atomic E-state index is 0.0988. The largest absolute Gasteiger partial charge is 0.480 e. The summed E-state index contributed by atoms with van der Waals surface area (Å²) in [7, 11) is 0. The van der Waals surface area contributed by atoms with Gasteiger partial charge in [0.05, 0.1) is 18.8 Å². The molecule has 4 unspecified atom stereocenters. The van der Waals surface area contributed by atoms with E-state index < -0.39 is 60.2 Å². The van der Waals surface area contributed by atoms with Crippen LogP contribution in [-0.2, 0) is 30.4 Å². The van der Waals surface area contributed by atoms with Crippen LogP contribution in [0.1, 0.15) is 50.6 Å². The van der Waals surface area contributed by atoms with Gasteiger partial charge in [-0.25, -0.2) is 9.78 Å². The van der Waals surface area contributed by atoms with Crippen LogP contribution in [0.5, 0.6) is 0 Å². The maximum atomic E-state index is 13.0. The van der Waals surface area contributed by atoms with E-state index in [2.05, 4.69) is 25.9 Å². The number of unbranched alkanes of at least 4 members (excludes halogenated alkanes) is 2. The van der Waals surface area contributed by atoms with Crippen LogP contribution in [0.2, 0.25) is 0 Å². The maximum absolute atomic E-state index is 13.0. The summed E-state index contributed by atoms with van der Waals surface area (Å²) in [4.78, 5) is 68.3. The molecular formula is C22H39N9O6. The molecule has 1 heterocycles. The third-order valence-corrected chi connectivity index (χ3v) is 5.51. The molecule has 15 heteroatoms. The summed E-state index contributed by atoms with van der Waals surface area (Å²) >= 11 is 0. The molecule has 0 aliphatic heterocycles. The van der Waals surface area contributed by atoms with E-state index in [0.29, 0.717) is 44.5 Å². The number of aromatic amines is 1. The number of aliphatic carboxylic acids is 1. The highest BCUT2D eigenvalue weighted by molar-refractivity contribution is 5.96. The van der Waals surface area contributed by atoms with Crippen molar-refractivity contribution in [3.63, 3.8) is 0 Å². The van der Waals surface area contributed by atoms with E-state index in [1.165, 1.54) is 12.5 Å². The Kier molecular flexibility index (Phi) is 14.5. The lowest BCUT2D eigenvalue weighted by Crippen LogP contribution is -2.57.